The maximum atomic E-state index is 12.3. The van der Waals surface area contributed by atoms with Crippen LogP contribution in [0.1, 0.15) is 60.9 Å². The Bertz CT molecular complexity index is 823. The van der Waals surface area contributed by atoms with Crippen LogP contribution in [0, 0.1) is 17.2 Å². The Kier molecular flexibility index (Phi) is 6.80. The molecule has 0 N–H and O–H groups in total. The average molecular weight is 379 g/mol. The number of esters is 1. The van der Waals surface area contributed by atoms with Gasteiger partial charge in [0.2, 0.25) is 0 Å². The third-order valence-corrected chi connectivity index (χ3v) is 5.00. The average Bonchev–Trinajstić information content (AvgIpc) is 2.73. The molecule has 1 heterocycles. The van der Waals surface area contributed by atoms with E-state index >= 15 is 0 Å². The molecule has 0 radical (unpaired) electrons. The number of unbranched alkanes of at least 4 members (excludes halogenated alkanes) is 1. The zero-order valence-electron chi connectivity index (χ0n) is 16.3. The van der Waals surface area contributed by atoms with Crippen LogP contribution in [0.5, 0.6) is 5.75 Å². The van der Waals surface area contributed by atoms with E-state index in [1.807, 2.05) is 18.2 Å². The van der Waals surface area contributed by atoms with Crippen molar-refractivity contribution in [2.75, 3.05) is 6.61 Å². The van der Waals surface area contributed by atoms with Gasteiger partial charge in [0.05, 0.1) is 29.9 Å². The maximum absolute atomic E-state index is 12.3. The smallest absolute Gasteiger partial charge is 0.343 e. The summed E-state index contributed by atoms with van der Waals surface area (Å²) in [4.78, 5) is 12.3. The second-order valence-electron chi connectivity index (χ2n) is 7.06. The summed E-state index contributed by atoms with van der Waals surface area (Å²) in [6, 6.07) is 15.5. The van der Waals surface area contributed by atoms with E-state index < -0.39 is 12.3 Å². The second-order valence-corrected chi connectivity index (χ2v) is 7.06. The molecular weight excluding hydrogens is 354 g/mol. The van der Waals surface area contributed by atoms with Crippen LogP contribution in [0.2, 0.25) is 0 Å². The van der Waals surface area contributed by atoms with E-state index in [9.17, 15) is 4.79 Å². The van der Waals surface area contributed by atoms with Crippen LogP contribution < -0.4 is 4.74 Å². The van der Waals surface area contributed by atoms with Gasteiger partial charge in [-0.25, -0.2) is 4.79 Å². The van der Waals surface area contributed by atoms with Crippen LogP contribution in [0.3, 0.4) is 0 Å². The van der Waals surface area contributed by atoms with Gasteiger partial charge >= 0.3 is 5.97 Å². The number of hydrogen-bond acceptors (Lipinski definition) is 5. The summed E-state index contributed by atoms with van der Waals surface area (Å²) in [5.74, 6) is 0.381. The van der Waals surface area contributed by atoms with E-state index in [1.165, 1.54) is 12.8 Å². The Morgan fingerprint density at radius 3 is 2.50 bits per heavy atom. The van der Waals surface area contributed by atoms with Crippen molar-refractivity contribution in [3.63, 3.8) is 0 Å². The molecule has 0 bridgehead atoms. The number of hydrogen-bond donors (Lipinski definition) is 0. The van der Waals surface area contributed by atoms with E-state index in [-0.39, 0.29) is 6.10 Å². The first-order valence-corrected chi connectivity index (χ1v) is 9.70. The van der Waals surface area contributed by atoms with Crippen LogP contribution in [0.25, 0.3) is 0 Å². The van der Waals surface area contributed by atoms with E-state index in [2.05, 4.69) is 13.8 Å². The van der Waals surface area contributed by atoms with Gasteiger partial charge in [-0.2, -0.15) is 5.26 Å². The second kappa shape index (κ2) is 9.50. The molecular formula is C23H25NO4. The van der Waals surface area contributed by atoms with Crippen molar-refractivity contribution in [2.45, 2.75) is 45.5 Å². The summed E-state index contributed by atoms with van der Waals surface area (Å²) in [6.07, 6.45) is 3.21. The van der Waals surface area contributed by atoms with Crippen LogP contribution in [-0.4, -0.2) is 18.7 Å². The molecule has 3 unspecified atom stereocenters. The number of carbonyl (C=O) groups is 1. The number of benzene rings is 2. The van der Waals surface area contributed by atoms with Crippen LogP contribution >= 0.6 is 0 Å². The zero-order chi connectivity index (χ0) is 19.9. The molecule has 1 fully saturated rings. The Labute approximate surface area is 165 Å². The van der Waals surface area contributed by atoms with Gasteiger partial charge < -0.3 is 14.2 Å². The molecule has 0 spiro atoms. The van der Waals surface area contributed by atoms with Crippen molar-refractivity contribution in [2.24, 2.45) is 5.92 Å². The lowest BCUT2D eigenvalue weighted by molar-refractivity contribution is -0.237. The predicted molar refractivity (Wildman–Crippen MR) is 105 cm³/mol. The van der Waals surface area contributed by atoms with E-state index in [4.69, 9.17) is 19.5 Å². The quantitative estimate of drug-likeness (QED) is 0.521. The van der Waals surface area contributed by atoms with Gasteiger partial charge in [0.25, 0.3) is 0 Å². The van der Waals surface area contributed by atoms with Crippen molar-refractivity contribution in [3.05, 3.63) is 65.2 Å². The fourth-order valence-corrected chi connectivity index (χ4v) is 3.19. The van der Waals surface area contributed by atoms with Gasteiger partial charge in [0.1, 0.15) is 5.75 Å². The molecule has 2 aromatic rings. The minimum absolute atomic E-state index is 0.145. The third kappa shape index (κ3) is 4.98. The SMILES string of the molecule is CCCCC1COC(c2ccc(C(=O)Oc3ccc(C#N)cc3)cc2)OC1C. The zero-order valence-corrected chi connectivity index (χ0v) is 16.3. The third-order valence-electron chi connectivity index (χ3n) is 5.00. The molecule has 3 atom stereocenters. The van der Waals surface area contributed by atoms with Crippen molar-refractivity contribution < 1.29 is 19.0 Å². The van der Waals surface area contributed by atoms with Crippen molar-refractivity contribution in [1.29, 1.82) is 5.26 Å². The fourth-order valence-electron chi connectivity index (χ4n) is 3.19. The fraction of sp³-hybridized carbons (Fsp3) is 0.391. The highest BCUT2D eigenvalue weighted by Crippen LogP contribution is 2.31. The maximum Gasteiger partial charge on any atom is 0.343 e. The first-order chi connectivity index (χ1) is 13.6. The van der Waals surface area contributed by atoms with Crippen molar-refractivity contribution in [3.8, 4) is 11.8 Å². The molecule has 146 valence electrons. The minimum Gasteiger partial charge on any atom is -0.423 e. The number of ether oxygens (including phenoxy) is 3. The van der Waals surface area contributed by atoms with Crippen molar-refractivity contribution >= 4 is 5.97 Å². The molecule has 5 nitrogen and oxygen atoms in total. The normalized spacial score (nSPS) is 21.7. The predicted octanol–water partition coefficient (Wildman–Crippen LogP) is 5.02. The molecule has 2 aromatic carbocycles. The number of nitriles is 1. The van der Waals surface area contributed by atoms with E-state index in [0.29, 0.717) is 29.4 Å². The minimum atomic E-state index is -0.449. The van der Waals surface area contributed by atoms with Crippen LogP contribution in [-0.2, 0) is 9.47 Å². The monoisotopic (exact) mass is 379 g/mol. The first-order valence-electron chi connectivity index (χ1n) is 9.70. The molecule has 0 amide bonds. The summed E-state index contributed by atoms with van der Waals surface area (Å²) in [6.45, 7) is 4.97. The molecule has 3 rings (SSSR count). The highest BCUT2D eigenvalue weighted by Gasteiger charge is 2.29. The van der Waals surface area contributed by atoms with Crippen LogP contribution in [0.4, 0.5) is 0 Å². The molecule has 1 aliphatic rings. The lowest BCUT2D eigenvalue weighted by Gasteiger charge is -2.35. The molecule has 0 aliphatic carbocycles. The van der Waals surface area contributed by atoms with Gasteiger partial charge in [0, 0.05) is 11.5 Å². The Hall–Kier alpha value is -2.68. The molecule has 1 saturated heterocycles. The summed E-state index contributed by atoms with van der Waals surface area (Å²) < 4.78 is 17.3. The highest BCUT2D eigenvalue weighted by atomic mass is 16.7. The Balaban J connectivity index is 1.58. The van der Waals surface area contributed by atoms with Gasteiger partial charge in [0.15, 0.2) is 6.29 Å². The van der Waals surface area contributed by atoms with Crippen molar-refractivity contribution in [1.82, 2.24) is 0 Å². The summed E-state index contributed by atoms with van der Waals surface area (Å²) >= 11 is 0. The molecule has 1 aliphatic heterocycles. The lowest BCUT2D eigenvalue weighted by Crippen LogP contribution is -2.34. The van der Waals surface area contributed by atoms with Gasteiger partial charge in [-0.05, 0) is 49.7 Å². The van der Waals surface area contributed by atoms with Crippen LogP contribution in [0.15, 0.2) is 48.5 Å². The Morgan fingerprint density at radius 2 is 1.89 bits per heavy atom. The number of rotatable bonds is 6. The standard InChI is InChI=1S/C23H25NO4/c1-3-4-5-20-15-26-23(27-16(20)2)19-10-8-18(9-11-19)22(25)28-21-12-6-17(14-24)7-13-21/h6-13,16,20,23H,3-5,15H2,1-2H3. The molecule has 28 heavy (non-hydrogen) atoms. The highest BCUT2D eigenvalue weighted by molar-refractivity contribution is 5.91. The summed E-state index contributed by atoms with van der Waals surface area (Å²) in [7, 11) is 0. The van der Waals surface area contributed by atoms with E-state index in [1.54, 1.807) is 36.4 Å². The number of nitrogens with zero attached hydrogens (tertiary/aromatic N) is 1. The van der Waals surface area contributed by atoms with Gasteiger partial charge in [-0.3, -0.25) is 0 Å². The molecule has 0 aromatic heterocycles. The van der Waals surface area contributed by atoms with Gasteiger partial charge in [-0.15, -0.1) is 0 Å². The first kappa shape index (κ1) is 20.1. The molecule has 0 saturated carbocycles. The summed E-state index contributed by atoms with van der Waals surface area (Å²) in [5, 5.41) is 8.81. The molecule has 5 heteroatoms. The largest absolute Gasteiger partial charge is 0.423 e. The topological polar surface area (TPSA) is 68.5 Å². The summed E-state index contributed by atoms with van der Waals surface area (Å²) in [5.41, 5.74) is 1.84. The number of carbonyl (C=O) groups excluding carboxylic acids is 1. The lowest BCUT2D eigenvalue weighted by atomic mass is 9.96. The van der Waals surface area contributed by atoms with E-state index in [0.717, 1.165) is 12.0 Å². The van der Waals surface area contributed by atoms with Gasteiger partial charge in [-0.1, -0.05) is 31.9 Å². The Morgan fingerprint density at radius 1 is 1.18 bits per heavy atom.